The monoisotopic (exact) mass is 364 g/mol. The van der Waals surface area contributed by atoms with E-state index in [0.717, 1.165) is 22.6 Å². The molecule has 2 heterocycles. The zero-order valence-electron chi connectivity index (χ0n) is 16.1. The van der Waals surface area contributed by atoms with Gasteiger partial charge in [-0.1, -0.05) is 23.8 Å². The van der Waals surface area contributed by atoms with Crippen molar-refractivity contribution in [3.8, 4) is 11.6 Å². The van der Waals surface area contributed by atoms with Gasteiger partial charge in [0.25, 0.3) is 5.91 Å². The molecular formula is C21H24N4O2. The molecule has 0 fully saturated rings. The van der Waals surface area contributed by atoms with Crippen molar-refractivity contribution in [2.45, 2.75) is 33.7 Å². The van der Waals surface area contributed by atoms with Gasteiger partial charge in [-0.25, -0.2) is 9.67 Å². The maximum absolute atomic E-state index is 12.8. The maximum Gasteiger partial charge on any atom is 0.255 e. The molecule has 6 heteroatoms. The Morgan fingerprint density at radius 1 is 1.26 bits per heavy atom. The number of aryl methyl sites for hydroxylation is 1. The van der Waals surface area contributed by atoms with Crippen LogP contribution in [0, 0.1) is 13.8 Å². The molecule has 1 N–H and O–H groups in total. The van der Waals surface area contributed by atoms with Crippen molar-refractivity contribution in [2.24, 2.45) is 0 Å². The molecule has 1 unspecified atom stereocenters. The number of nitrogens with zero attached hydrogens (tertiary/aromatic N) is 3. The van der Waals surface area contributed by atoms with E-state index in [2.05, 4.69) is 15.4 Å². The molecule has 0 aliphatic rings. The SMILES string of the molecule is CCOc1ccc(C)cc1C(C)NC(=O)c1cnn(-c2ccccn2)c1C. The Morgan fingerprint density at radius 3 is 2.78 bits per heavy atom. The van der Waals surface area contributed by atoms with E-state index in [9.17, 15) is 4.79 Å². The van der Waals surface area contributed by atoms with Crippen LogP contribution in [0.3, 0.4) is 0 Å². The Labute approximate surface area is 159 Å². The number of carbonyl (C=O) groups excluding carboxylic acids is 1. The zero-order valence-corrected chi connectivity index (χ0v) is 16.1. The summed E-state index contributed by atoms with van der Waals surface area (Å²) in [6, 6.07) is 11.4. The van der Waals surface area contributed by atoms with Crippen molar-refractivity contribution in [1.29, 1.82) is 0 Å². The molecule has 0 aliphatic carbocycles. The Kier molecular flexibility index (Phi) is 5.54. The Bertz CT molecular complexity index is 935. The zero-order chi connectivity index (χ0) is 19.4. The summed E-state index contributed by atoms with van der Waals surface area (Å²) >= 11 is 0. The molecule has 3 rings (SSSR count). The standard InChI is InChI=1S/C21H24N4O2/c1-5-27-19-10-9-14(2)12-17(19)15(3)24-21(26)18-13-23-25(16(18)4)20-8-6-7-11-22-20/h6-13,15H,5H2,1-4H3,(H,24,26). The molecule has 1 amide bonds. The third-order valence-electron chi connectivity index (χ3n) is 4.40. The summed E-state index contributed by atoms with van der Waals surface area (Å²) in [7, 11) is 0. The number of hydrogen-bond donors (Lipinski definition) is 1. The van der Waals surface area contributed by atoms with E-state index in [-0.39, 0.29) is 11.9 Å². The van der Waals surface area contributed by atoms with E-state index in [4.69, 9.17) is 4.74 Å². The van der Waals surface area contributed by atoms with Crippen LogP contribution in [0.2, 0.25) is 0 Å². The molecule has 1 aromatic carbocycles. The summed E-state index contributed by atoms with van der Waals surface area (Å²) in [6.07, 6.45) is 3.27. The first kappa shape index (κ1) is 18.6. The number of rotatable bonds is 6. The van der Waals surface area contributed by atoms with E-state index < -0.39 is 0 Å². The molecule has 3 aromatic rings. The summed E-state index contributed by atoms with van der Waals surface area (Å²) in [5.74, 6) is 1.29. The first-order valence-corrected chi connectivity index (χ1v) is 9.01. The quantitative estimate of drug-likeness (QED) is 0.723. The van der Waals surface area contributed by atoms with Crippen LogP contribution in [0.1, 0.15) is 47.1 Å². The first-order valence-electron chi connectivity index (χ1n) is 9.01. The number of ether oxygens (including phenoxy) is 1. The van der Waals surface area contributed by atoms with Crippen LogP contribution in [0.25, 0.3) is 5.82 Å². The lowest BCUT2D eigenvalue weighted by molar-refractivity contribution is 0.0938. The van der Waals surface area contributed by atoms with Crippen molar-refractivity contribution in [3.05, 3.63) is 71.2 Å². The van der Waals surface area contributed by atoms with Crippen LogP contribution in [0.5, 0.6) is 5.75 Å². The minimum Gasteiger partial charge on any atom is -0.494 e. The topological polar surface area (TPSA) is 69.0 Å². The smallest absolute Gasteiger partial charge is 0.255 e. The lowest BCUT2D eigenvalue weighted by atomic mass is 10.0. The molecule has 1 atom stereocenters. The van der Waals surface area contributed by atoms with Crippen LogP contribution in [0.15, 0.2) is 48.8 Å². The highest BCUT2D eigenvalue weighted by atomic mass is 16.5. The molecule has 0 spiro atoms. The number of carbonyl (C=O) groups is 1. The summed E-state index contributed by atoms with van der Waals surface area (Å²) in [4.78, 5) is 17.1. The molecule has 0 aliphatic heterocycles. The van der Waals surface area contributed by atoms with Crippen LogP contribution >= 0.6 is 0 Å². The van der Waals surface area contributed by atoms with Crippen LogP contribution in [-0.4, -0.2) is 27.3 Å². The highest BCUT2D eigenvalue weighted by molar-refractivity contribution is 5.95. The van der Waals surface area contributed by atoms with E-state index in [1.807, 2.05) is 64.1 Å². The fraction of sp³-hybridized carbons (Fsp3) is 0.286. The largest absolute Gasteiger partial charge is 0.494 e. The number of aromatic nitrogens is 3. The van der Waals surface area contributed by atoms with Crippen LogP contribution < -0.4 is 10.1 Å². The molecule has 0 saturated heterocycles. The molecule has 0 radical (unpaired) electrons. The third kappa shape index (κ3) is 4.00. The highest BCUT2D eigenvalue weighted by Gasteiger charge is 2.20. The molecule has 27 heavy (non-hydrogen) atoms. The number of nitrogens with one attached hydrogen (secondary N) is 1. The van der Waals surface area contributed by atoms with E-state index in [1.165, 1.54) is 0 Å². The van der Waals surface area contributed by atoms with Gasteiger partial charge in [-0.15, -0.1) is 0 Å². The molecule has 0 bridgehead atoms. The van der Waals surface area contributed by atoms with Gasteiger partial charge in [0.15, 0.2) is 5.82 Å². The van der Waals surface area contributed by atoms with Gasteiger partial charge in [-0.2, -0.15) is 5.10 Å². The minimum absolute atomic E-state index is 0.175. The van der Waals surface area contributed by atoms with E-state index >= 15 is 0 Å². The highest BCUT2D eigenvalue weighted by Crippen LogP contribution is 2.27. The van der Waals surface area contributed by atoms with Crippen molar-refractivity contribution in [3.63, 3.8) is 0 Å². The van der Waals surface area contributed by atoms with Crippen LogP contribution in [-0.2, 0) is 0 Å². The summed E-state index contributed by atoms with van der Waals surface area (Å²) in [5, 5.41) is 7.37. The fourth-order valence-corrected chi connectivity index (χ4v) is 2.99. The van der Waals surface area contributed by atoms with Gasteiger partial charge in [0.2, 0.25) is 0 Å². The van der Waals surface area contributed by atoms with Crippen LogP contribution in [0.4, 0.5) is 0 Å². The average Bonchev–Trinajstić information content (AvgIpc) is 3.05. The normalized spacial score (nSPS) is 11.9. The van der Waals surface area contributed by atoms with Crippen molar-refractivity contribution >= 4 is 5.91 Å². The lowest BCUT2D eigenvalue weighted by Gasteiger charge is -2.18. The number of hydrogen-bond acceptors (Lipinski definition) is 4. The van der Waals surface area contributed by atoms with Gasteiger partial charge in [-0.3, -0.25) is 4.79 Å². The van der Waals surface area contributed by atoms with Gasteiger partial charge < -0.3 is 10.1 Å². The first-order chi connectivity index (χ1) is 13.0. The van der Waals surface area contributed by atoms with Gasteiger partial charge in [0, 0.05) is 11.8 Å². The van der Waals surface area contributed by atoms with Gasteiger partial charge in [-0.05, 0) is 45.9 Å². The molecule has 0 saturated carbocycles. The van der Waals surface area contributed by atoms with Crippen molar-refractivity contribution in [2.75, 3.05) is 6.61 Å². The Hall–Kier alpha value is -3.15. The van der Waals surface area contributed by atoms with Crippen molar-refractivity contribution < 1.29 is 9.53 Å². The lowest BCUT2D eigenvalue weighted by Crippen LogP contribution is -2.27. The third-order valence-corrected chi connectivity index (χ3v) is 4.40. The van der Waals surface area contributed by atoms with E-state index in [1.54, 1.807) is 17.1 Å². The minimum atomic E-state index is -0.198. The summed E-state index contributed by atoms with van der Waals surface area (Å²) in [5.41, 5.74) is 3.35. The molecular weight excluding hydrogens is 340 g/mol. The molecule has 2 aromatic heterocycles. The summed E-state index contributed by atoms with van der Waals surface area (Å²) < 4.78 is 7.37. The Morgan fingerprint density at radius 2 is 2.07 bits per heavy atom. The fourth-order valence-electron chi connectivity index (χ4n) is 2.99. The predicted octanol–water partition coefficient (Wildman–Crippen LogP) is 3.77. The number of benzene rings is 1. The molecule has 140 valence electrons. The van der Waals surface area contributed by atoms with Gasteiger partial charge in [0.05, 0.1) is 30.1 Å². The summed E-state index contributed by atoms with van der Waals surface area (Å²) in [6.45, 7) is 8.36. The second-order valence-electron chi connectivity index (χ2n) is 6.41. The predicted molar refractivity (Wildman–Crippen MR) is 104 cm³/mol. The average molecular weight is 364 g/mol. The molecule has 6 nitrogen and oxygen atoms in total. The van der Waals surface area contributed by atoms with Crippen molar-refractivity contribution in [1.82, 2.24) is 20.1 Å². The number of amides is 1. The van der Waals surface area contributed by atoms with E-state index in [0.29, 0.717) is 18.0 Å². The number of pyridine rings is 1. The Balaban J connectivity index is 1.82. The maximum atomic E-state index is 12.8. The second kappa shape index (κ2) is 8.03. The van der Waals surface area contributed by atoms with Gasteiger partial charge >= 0.3 is 0 Å². The van der Waals surface area contributed by atoms with Gasteiger partial charge in [0.1, 0.15) is 5.75 Å². The second-order valence-corrected chi connectivity index (χ2v) is 6.41.